The number of hydrogen-bond acceptors (Lipinski definition) is 3. The van der Waals surface area contributed by atoms with Crippen LogP contribution in [0.5, 0.6) is 0 Å². The van der Waals surface area contributed by atoms with Crippen LogP contribution in [0.15, 0.2) is 30.7 Å². The van der Waals surface area contributed by atoms with Crippen LogP contribution >= 0.6 is 0 Å². The number of amides is 1. The highest BCUT2D eigenvalue weighted by molar-refractivity contribution is 5.92. The first-order chi connectivity index (χ1) is 10.8. The Balaban J connectivity index is 1.42. The highest BCUT2D eigenvalue weighted by Gasteiger charge is 2.60. The molecule has 22 heavy (non-hydrogen) atoms. The van der Waals surface area contributed by atoms with Crippen molar-refractivity contribution >= 4 is 11.4 Å². The van der Waals surface area contributed by atoms with Crippen molar-refractivity contribution in [2.24, 2.45) is 5.92 Å². The molecule has 2 bridgehead atoms. The maximum absolute atomic E-state index is 12.7. The van der Waals surface area contributed by atoms with E-state index in [-0.39, 0.29) is 11.4 Å². The van der Waals surface area contributed by atoms with Crippen molar-refractivity contribution in [2.45, 2.75) is 37.3 Å². The molecule has 5 heteroatoms. The van der Waals surface area contributed by atoms with Crippen molar-refractivity contribution in [3.63, 3.8) is 0 Å². The molecule has 2 aromatic rings. The Hall–Kier alpha value is -1.88. The number of carbonyl (C=O) groups excluding carboxylic acids is 1. The third kappa shape index (κ3) is 1.69. The van der Waals surface area contributed by atoms with Gasteiger partial charge in [-0.3, -0.25) is 9.69 Å². The molecule has 0 unspecified atom stereocenters. The van der Waals surface area contributed by atoms with Gasteiger partial charge in [-0.15, -0.1) is 0 Å². The van der Waals surface area contributed by atoms with Crippen molar-refractivity contribution in [3.8, 4) is 0 Å². The molecule has 114 valence electrons. The van der Waals surface area contributed by atoms with Gasteiger partial charge in [0.2, 0.25) is 0 Å². The first kappa shape index (κ1) is 12.6. The Morgan fingerprint density at radius 3 is 2.91 bits per heavy atom. The van der Waals surface area contributed by atoms with Crippen LogP contribution in [0.3, 0.4) is 0 Å². The molecule has 1 spiro atoms. The van der Waals surface area contributed by atoms with Crippen LogP contribution in [0.2, 0.25) is 0 Å². The van der Waals surface area contributed by atoms with Gasteiger partial charge in [0.05, 0.1) is 17.8 Å². The number of rotatable bonds is 2. The summed E-state index contributed by atoms with van der Waals surface area (Å²) in [4.78, 5) is 19.6. The van der Waals surface area contributed by atoms with Gasteiger partial charge in [-0.2, -0.15) is 0 Å². The molecule has 6 rings (SSSR count). The minimum atomic E-state index is -0.0272. The summed E-state index contributed by atoms with van der Waals surface area (Å²) in [5.41, 5.74) is 1.79. The van der Waals surface area contributed by atoms with Gasteiger partial charge in [0.15, 0.2) is 0 Å². The molecule has 5 heterocycles. The van der Waals surface area contributed by atoms with Gasteiger partial charge in [0.25, 0.3) is 5.91 Å². The van der Waals surface area contributed by atoms with E-state index < -0.39 is 0 Å². The van der Waals surface area contributed by atoms with Gasteiger partial charge in [-0.1, -0.05) is 0 Å². The SMILES string of the molecule is O=C(N[C@@H]1C2CCN(CC2)C12CC2)c1cn2cccc2cn1. The predicted octanol–water partition coefficient (Wildman–Crippen LogP) is 1.69. The first-order valence-corrected chi connectivity index (χ1v) is 8.25. The largest absolute Gasteiger partial charge is 0.346 e. The van der Waals surface area contributed by atoms with E-state index in [1.165, 1.54) is 38.8 Å². The lowest BCUT2D eigenvalue weighted by atomic mass is 9.77. The predicted molar refractivity (Wildman–Crippen MR) is 82.7 cm³/mol. The highest BCUT2D eigenvalue weighted by atomic mass is 16.2. The van der Waals surface area contributed by atoms with Crippen LogP contribution in [-0.4, -0.2) is 44.9 Å². The zero-order valence-corrected chi connectivity index (χ0v) is 12.5. The molecule has 5 nitrogen and oxygen atoms in total. The first-order valence-electron chi connectivity index (χ1n) is 8.25. The van der Waals surface area contributed by atoms with E-state index >= 15 is 0 Å². The van der Waals surface area contributed by atoms with Gasteiger partial charge in [0, 0.05) is 17.9 Å². The fraction of sp³-hybridized carbons (Fsp3) is 0.529. The quantitative estimate of drug-likeness (QED) is 0.917. The molecular weight excluding hydrogens is 276 g/mol. The lowest BCUT2D eigenvalue weighted by Crippen LogP contribution is -2.65. The molecular formula is C17H20N4O. The lowest BCUT2D eigenvalue weighted by Gasteiger charge is -2.52. The van der Waals surface area contributed by atoms with Gasteiger partial charge in [-0.05, 0) is 56.8 Å². The average Bonchev–Trinajstić information content (AvgIpc) is 3.18. The third-order valence-corrected chi connectivity index (χ3v) is 5.91. The Labute approximate surface area is 129 Å². The topological polar surface area (TPSA) is 49.6 Å². The van der Waals surface area contributed by atoms with Crippen LogP contribution in [0.25, 0.3) is 5.52 Å². The summed E-state index contributed by atoms with van der Waals surface area (Å²) in [5.74, 6) is 0.618. The number of carbonyl (C=O) groups is 1. The molecule has 1 aliphatic carbocycles. The van der Waals surface area contributed by atoms with Gasteiger partial charge < -0.3 is 9.72 Å². The third-order valence-electron chi connectivity index (χ3n) is 5.91. The van der Waals surface area contributed by atoms with Gasteiger partial charge in [-0.25, -0.2) is 4.98 Å². The Morgan fingerprint density at radius 1 is 1.32 bits per heavy atom. The number of piperidine rings is 3. The van der Waals surface area contributed by atoms with Crippen molar-refractivity contribution in [3.05, 3.63) is 36.4 Å². The number of aromatic nitrogens is 2. The zero-order valence-electron chi connectivity index (χ0n) is 12.5. The summed E-state index contributed by atoms with van der Waals surface area (Å²) in [7, 11) is 0. The number of nitrogens with zero attached hydrogens (tertiary/aromatic N) is 3. The maximum Gasteiger partial charge on any atom is 0.271 e. The summed E-state index contributed by atoms with van der Waals surface area (Å²) in [6, 6.07) is 4.26. The van der Waals surface area contributed by atoms with Crippen LogP contribution in [0, 0.1) is 5.92 Å². The molecule has 1 amide bonds. The zero-order chi connectivity index (χ0) is 14.7. The second-order valence-corrected chi connectivity index (χ2v) is 6.99. The standard InChI is InChI=1S/C17H20N4O/c22-16(14-11-20-7-1-2-13(20)10-18-14)19-15-12-3-8-21(9-4-12)17(15)5-6-17/h1-2,7,10-12,15H,3-6,8-9H2,(H,19,22)/t15-/m1/s1. The fourth-order valence-corrected chi connectivity index (χ4v) is 4.59. The monoisotopic (exact) mass is 296 g/mol. The Kier molecular flexibility index (Phi) is 2.48. The van der Waals surface area contributed by atoms with Crippen LogP contribution < -0.4 is 5.32 Å². The normalized spacial score (nSPS) is 31.5. The molecule has 4 aliphatic rings. The fourth-order valence-electron chi connectivity index (χ4n) is 4.59. The van der Waals surface area contributed by atoms with Gasteiger partial charge >= 0.3 is 0 Å². The van der Waals surface area contributed by atoms with Crippen LogP contribution in [0.1, 0.15) is 36.2 Å². The minimum absolute atomic E-state index is 0.0272. The van der Waals surface area contributed by atoms with E-state index in [4.69, 9.17) is 0 Å². The number of hydrogen-bond donors (Lipinski definition) is 1. The molecule has 1 atom stereocenters. The van der Waals surface area contributed by atoms with E-state index in [1.807, 2.05) is 28.9 Å². The lowest BCUT2D eigenvalue weighted by molar-refractivity contribution is -0.00153. The van der Waals surface area contributed by atoms with Crippen LogP contribution in [0.4, 0.5) is 0 Å². The highest BCUT2D eigenvalue weighted by Crippen LogP contribution is 2.53. The molecule has 3 saturated heterocycles. The van der Waals surface area contributed by atoms with Crippen molar-refractivity contribution < 1.29 is 4.79 Å². The smallest absolute Gasteiger partial charge is 0.271 e. The molecule has 2 aromatic heterocycles. The molecule has 1 saturated carbocycles. The molecule has 0 aromatic carbocycles. The summed E-state index contributed by atoms with van der Waals surface area (Å²) in [5, 5.41) is 3.32. The molecule has 0 radical (unpaired) electrons. The minimum Gasteiger partial charge on any atom is -0.346 e. The molecule has 3 aliphatic heterocycles. The Bertz CT molecular complexity index is 740. The van der Waals surface area contributed by atoms with E-state index in [9.17, 15) is 4.79 Å². The summed E-state index contributed by atoms with van der Waals surface area (Å²) >= 11 is 0. The van der Waals surface area contributed by atoms with Crippen molar-refractivity contribution in [1.29, 1.82) is 0 Å². The second kappa shape index (κ2) is 4.32. The van der Waals surface area contributed by atoms with Gasteiger partial charge in [0.1, 0.15) is 5.69 Å². The second-order valence-electron chi connectivity index (χ2n) is 6.99. The average molecular weight is 296 g/mol. The van der Waals surface area contributed by atoms with Crippen molar-refractivity contribution in [2.75, 3.05) is 13.1 Å². The Morgan fingerprint density at radius 2 is 2.14 bits per heavy atom. The summed E-state index contributed by atoms with van der Waals surface area (Å²) in [6.45, 7) is 2.43. The van der Waals surface area contributed by atoms with Crippen LogP contribution in [-0.2, 0) is 0 Å². The summed E-state index contributed by atoms with van der Waals surface area (Å²) < 4.78 is 1.95. The maximum atomic E-state index is 12.7. The van der Waals surface area contributed by atoms with E-state index in [0.29, 0.717) is 17.7 Å². The van der Waals surface area contributed by atoms with E-state index in [1.54, 1.807) is 6.20 Å². The van der Waals surface area contributed by atoms with E-state index in [0.717, 1.165) is 5.52 Å². The van der Waals surface area contributed by atoms with E-state index in [2.05, 4.69) is 15.2 Å². The number of nitrogens with one attached hydrogen (secondary N) is 1. The van der Waals surface area contributed by atoms with Crippen molar-refractivity contribution in [1.82, 2.24) is 19.6 Å². The number of fused-ring (bicyclic) bond motifs is 3. The summed E-state index contributed by atoms with van der Waals surface area (Å²) in [6.07, 6.45) is 10.4. The molecule has 1 N–H and O–H groups in total. The molecule has 4 fully saturated rings.